The van der Waals surface area contributed by atoms with Crippen LogP contribution < -0.4 is 5.73 Å². The van der Waals surface area contributed by atoms with Crippen molar-refractivity contribution in [2.75, 3.05) is 53.0 Å². The third-order valence-electron chi connectivity index (χ3n) is 3.87. The van der Waals surface area contributed by atoms with Gasteiger partial charge in [-0.1, -0.05) is 0 Å². The minimum atomic E-state index is 0.494. The summed E-state index contributed by atoms with van der Waals surface area (Å²) >= 11 is 0. The number of nitrogens with zero attached hydrogens (tertiary/aromatic N) is 2. The largest absolute Gasteiger partial charge is 0.383 e. The maximum absolute atomic E-state index is 5.81. The predicted octanol–water partition coefficient (Wildman–Crippen LogP) is -0.0123. The van der Waals surface area contributed by atoms with Crippen molar-refractivity contribution >= 4 is 0 Å². The third kappa shape index (κ3) is 3.42. The molecule has 94 valence electrons. The molecule has 0 bridgehead atoms. The fourth-order valence-corrected chi connectivity index (χ4v) is 2.72. The summed E-state index contributed by atoms with van der Waals surface area (Å²) in [4.78, 5) is 5.09. The van der Waals surface area contributed by atoms with Gasteiger partial charge in [-0.3, -0.25) is 4.90 Å². The molecule has 2 N–H and O–H groups in total. The zero-order chi connectivity index (χ0) is 11.4. The van der Waals surface area contributed by atoms with E-state index in [4.69, 9.17) is 10.5 Å². The van der Waals surface area contributed by atoms with E-state index in [1.54, 1.807) is 7.11 Å². The average Bonchev–Trinajstić information content (AvgIpc) is 2.26. The lowest BCUT2D eigenvalue weighted by Gasteiger charge is -2.40. The van der Waals surface area contributed by atoms with Gasteiger partial charge in [0.05, 0.1) is 6.61 Å². The summed E-state index contributed by atoms with van der Waals surface area (Å²) in [7, 11) is 1.77. The van der Waals surface area contributed by atoms with Gasteiger partial charge in [0.25, 0.3) is 0 Å². The molecule has 0 aromatic rings. The highest BCUT2D eigenvalue weighted by Gasteiger charge is 2.28. The van der Waals surface area contributed by atoms with E-state index in [2.05, 4.69) is 9.80 Å². The van der Waals surface area contributed by atoms with E-state index in [0.29, 0.717) is 6.04 Å². The van der Waals surface area contributed by atoms with Crippen molar-refractivity contribution in [3.05, 3.63) is 0 Å². The van der Waals surface area contributed by atoms with E-state index in [-0.39, 0.29) is 0 Å². The van der Waals surface area contributed by atoms with Gasteiger partial charge in [0, 0.05) is 52.4 Å². The molecule has 1 heterocycles. The van der Waals surface area contributed by atoms with E-state index in [0.717, 1.165) is 19.1 Å². The lowest BCUT2D eigenvalue weighted by molar-refractivity contribution is 0.0758. The van der Waals surface area contributed by atoms with Crippen molar-refractivity contribution in [2.45, 2.75) is 18.9 Å². The molecule has 0 unspecified atom stereocenters. The molecule has 0 amide bonds. The SMILES string of the molecule is COCCN1CCN(CC2CC(N)C2)CC1. The smallest absolute Gasteiger partial charge is 0.0589 e. The Morgan fingerprint density at radius 3 is 2.31 bits per heavy atom. The summed E-state index contributed by atoms with van der Waals surface area (Å²) in [6.45, 7) is 8.04. The molecule has 0 spiro atoms. The third-order valence-corrected chi connectivity index (χ3v) is 3.87. The van der Waals surface area contributed by atoms with Crippen molar-refractivity contribution in [3.8, 4) is 0 Å². The van der Waals surface area contributed by atoms with Gasteiger partial charge < -0.3 is 15.4 Å². The van der Waals surface area contributed by atoms with Gasteiger partial charge in [-0.15, -0.1) is 0 Å². The average molecular weight is 227 g/mol. The number of rotatable bonds is 5. The van der Waals surface area contributed by atoms with Crippen LogP contribution in [-0.4, -0.2) is 68.8 Å². The highest BCUT2D eigenvalue weighted by atomic mass is 16.5. The summed E-state index contributed by atoms with van der Waals surface area (Å²) < 4.78 is 5.11. The first-order valence-corrected chi connectivity index (χ1v) is 6.47. The molecular formula is C12H25N3O. The Morgan fingerprint density at radius 2 is 1.75 bits per heavy atom. The number of hydrogen-bond donors (Lipinski definition) is 1. The van der Waals surface area contributed by atoms with Crippen LogP contribution in [0.1, 0.15) is 12.8 Å². The second-order valence-corrected chi connectivity index (χ2v) is 5.23. The Bertz CT molecular complexity index is 198. The van der Waals surface area contributed by atoms with Crippen LogP contribution in [-0.2, 0) is 4.74 Å². The van der Waals surface area contributed by atoms with E-state index in [1.165, 1.54) is 45.6 Å². The molecule has 0 aromatic heterocycles. The number of nitrogens with two attached hydrogens (primary N) is 1. The van der Waals surface area contributed by atoms with Gasteiger partial charge in [0.2, 0.25) is 0 Å². The Balaban J connectivity index is 1.58. The molecule has 0 atom stereocenters. The molecular weight excluding hydrogens is 202 g/mol. The molecule has 2 aliphatic rings. The van der Waals surface area contributed by atoms with Gasteiger partial charge in [-0.25, -0.2) is 0 Å². The topological polar surface area (TPSA) is 41.7 Å². The molecule has 1 aliphatic carbocycles. The predicted molar refractivity (Wildman–Crippen MR) is 65.5 cm³/mol. The van der Waals surface area contributed by atoms with Crippen molar-refractivity contribution in [1.29, 1.82) is 0 Å². The highest BCUT2D eigenvalue weighted by molar-refractivity contribution is 4.85. The number of hydrogen-bond acceptors (Lipinski definition) is 4. The molecule has 4 nitrogen and oxygen atoms in total. The first-order chi connectivity index (χ1) is 7.78. The fourth-order valence-electron chi connectivity index (χ4n) is 2.72. The zero-order valence-electron chi connectivity index (χ0n) is 10.4. The van der Waals surface area contributed by atoms with Gasteiger partial charge in [-0.05, 0) is 18.8 Å². The molecule has 0 aromatic carbocycles. The molecule has 2 fully saturated rings. The standard InChI is InChI=1S/C12H25N3O/c1-16-7-6-14-2-4-15(5-3-14)10-11-8-12(13)9-11/h11-12H,2-10,13H2,1H3. The van der Waals surface area contributed by atoms with Crippen LogP contribution >= 0.6 is 0 Å². The lowest BCUT2D eigenvalue weighted by Crippen LogP contribution is -2.50. The maximum Gasteiger partial charge on any atom is 0.0589 e. The Labute approximate surface area is 98.7 Å². The molecule has 1 aliphatic heterocycles. The van der Waals surface area contributed by atoms with E-state index >= 15 is 0 Å². The fraction of sp³-hybridized carbons (Fsp3) is 1.00. The summed E-state index contributed by atoms with van der Waals surface area (Å²) in [5.74, 6) is 0.875. The minimum Gasteiger partial charge on any atom is -0.383 e. The highest BCUT2D eigenvalue weighted by Crippen LogP contribution is 2.26. The Hall–Kier alpha value is -0.160. The summed E-state index contributed by atoms with van der Waals surface area (Å²) in [5, 5.41) is 0. The van der Waals surface area contributed by atoms with Crippen molar-refractivity contribution in [1.82, 2.24) is 9.80 Å². The molecule has 0 radical (unpaired) electrons. The first-order valence-electron chi connectivity index (χ1n) is 6.47. The van der Waals surface area contributed by atoms with Crippen molar-refractivity contribution in [2.24, 2.45) is 11.7 Å². The number of ether oxygens (including phenoxy) is 1. The summed E-state index contributed by atoms with van der Waals surface area (Å²) in [5.41, 5.74) is 5.81. The number of piperazine rings is 1. The quantitative estimate of drug-likeness (QED) is 0.717. The van der Waals surface area contributed by atoms with Crippen LogP contribution in [0.4, 0.5) is 0 Å². The van der Waals surface area contributed by atoms with Crippen molar-refractivity contribution in [3.63, 3.8) is 0 Å². The van der Waals surface area contributed by atoms with E-state index in [9.17, 15) is 0 Å². The summed E-state index contributed by atoms with van der Waals surface area (Å²) in [6.07, 6.45) is 2.48. The zero-order valence-corrected chi connectivity index (χ0v) is 10.4. The van der Waals surface area contributed by atoms with Gasteiger partial charge in [0.1, 0.15) is 0 Å². The van der Waals surface area contributed by atoms with E-state index < -0.39 is 0 Å². The van der Waals surface area contributed by atoms with E-state index in [1.807, 2.05) is 0 Å². The van der Waals surface area contributed by atoms with Gasteiger partial charge in [0.15, 0.2) is 0 Å². The van der Waals surface area contributed by atoms with Crippen molar-refractivity contribution < 1.29 is 4.74 Å². The van der Waals surface area contributed by atoms with Crippen LogP contribution in [0.5, 0.6) is 0 Å². The normalized spacial score (nSPS) is 32.6. The maximum atomic E-state index is 5.81. The van der Waals surface area contributed by atoms with Gasteiger partial charge >= 0.3 is 0 Å². The van der Waals surface area contributed by atoms with Crippen LogP contribution in [0.25, 0.3) is 0 Å². The second-order valence-electron chi connectivity index (χ2n) is 5.23. The Kier molecular flexibility index (Phi) is 4.58. The molecule has 4 heteroatoms. The number of methoxy groups -OCH3 is 1. The Morgan fingerprint density at radius 1 is 1.12 bits per heavy atom. The minimum absolute atomic E-state index is 0.494. The second kappa shape index (κ2) is 5.96. The summed E-state index contributed by atoms with van der Waals surface area (Å²) in [6, 6.07) is 0.494. The molecule has 1 saturated carbocycles. The van der Waals surface area contributed by atoms with Crippen LogP contribution in [0.15, 0.2) is 0 Å². The molecule has 16 heavy (non-hydrogen) atoms. The van der Waals surface area contributed by atoms with Crippen LogP contribution in [0, 0.1) is 5.92 Å². The molecule has 1 saturated heterocycles. The van der Waals surface area contributed by atoms with Crippen LogP contribution in [0.2, 0.25) is 0 Å². The molecule has 2 rings (SSSR count). The lowest BCUT2D eigenvalue weighted by atomic mass is 9.80. The van der Waals surface area contributed by atoms with Gasteiger partial charge in [-0.2, -0.15) is 0 Å². The first kappa shape index (κ1) is 12.3. The monoisotopic (exact) mass is 227 g/mol. The van der Waals surface area contributed by atoms with Crippen LogP contribution in [0.3, 0.4) is 0 Å².